The van der Waals surface area contributed by atoms with Crippen molar-refractivity contribution in [3.63, 3.8) is 0 Å². The number of allylic oxidation sites excluding steroid dienone is 2. The molecule has 0 fully saturated rings. The Morgan fingerprint density at radius 1 is 0.800 bits per heavy atom. The molecule has 0 aliphatic heterocycles. The first-order valence-electron chi connectivity index (χ1n) is 8.96. The average molecular weight is 329 g/mol. The molecule has 2 aliphatic rings. The van der Waals surface area contributed by atoms with Gasteiger partial charge in [-0.3, -0.25) is 0 Å². The van der Waals surface area contributed by atoms with E-state index in [1.165, 1.54) is 33.4 Å². The molecule has 0 amide bonds. The summed E-state index contributed by atoms with van der Waals surface area (Å²) in [5.41, 5.74) is 8.83. The van der Waals surface area contributed by atoms with Crippen LogP contribution in [0.1, 0.15) is 36.1 Å². The Morgan fingerprint density at radius 3 is 1.64 bits per heavy atom. The number of oxime groups is 1. The molecule has 1 N–H and O–H groups in total. The zero-order chi connectivity index (χ0) is 17.4. The van der Waals surface area contributed by atoms with Crippen LogP contribution in [0.25, 0.3) is 12.2 Å². The number of fused-ring (bicyclic) bond motifs is 2. The fraction of sp³-hybridized carbons (Fsp3) is 0.261. The maximum absolute atomic E-state index is 9.75. The van der Waals surface area contributed by atoms with Crippen molar-refractivity contribution in [2.24, 2.45) is 17.0 Å². The highest BCUT2D eigenvalue weighted by atomic mass is 16.4. The van der Waals surface area contributed by atoms with Crippen LogP contribution in [0, 0.1) is 11.8 Å². The number of nitrogens with zero attached hydrogens (tertiary/aromatic N) is 1. The van der Waals surface area contributed by atoms with E-state index in [1.807, 2.05) is 0 Å². The Kier molecular flexibility index (Phi) is 4.04. The summed E-state index contributed by atoms with van der Waals surface area (Å²) < 4.78 is 0. The molecule has 2 atom stereocenters. The van der Waals surface area contributed by atoms with Gasteiger partial charge in [0.15, 0.2) is 0 Å². The first-order valence-corrected chi connectivity index (χ1v) is 8.96. The van der Waals surface area contributed by atoms with Crippen LogP contribution in [0.15, 0.2) is 64.8 Å². The van der Waals surface area contributed by atoms with Crippen molar-refractivity contribution in [1.29, 1.82) is 0 Å². The monoisotopic (exact) mass is 329 g/mol. The third kappa shape index (κ3) is 2.82. The van der Waals surface area contributed by atoms with E-state index < -0.39 is 0 Å². The third-order valence-electron chi connectivity index (χ3n) is 5.70. The number of hydrogen-bond donors (Lipinski definition) is 1. The first kappa shape index (κ1) is 15.9. The Balaban J connectivity index is 1.56. The van der Waals surface area contributed by atoms with Crippen molar-refractivity contribution in [2.45, 2.75) is 26.7 Å². The molecule has 2 nitrogen and oxygen atoms in total. The largest absolute Gasteiger partial charge is 0.411 e. The second kappa shape index (κ2) is 6.36. The van der Waals surface area contributed by atoms with Crippen LogP contribution in [0.3, 0.4) is 0 Å². The zero-order valence-electron chi connectivity index (χ0n) is 14.7. The summed E-state index contributed by atoms with van der Waals surface area (Å²) in [6.07, 6.45) is 6.41. The van der Waals surface area contributed by atoms with Gasteiger partial charge in [-0.05, 0) is 35.1 Å². The lowest BCUT2D eigenvalue weighted by molar-refractivity contribution is 0.313. The molecule has 2 aromatic carbocycles. The van der Waals surface area contributed by atoms with Crippen LogP contribution < -0.4 is 0 Å². The van der Waals surface area contributed by atoms with E-state index in [4.69, 9.17) is 0 Å². The number of rotatable bonds is 4. The van der Waals surface area contributed by atoms with E-state index in [2.05, 4.69) is 79.7 Å². The molecule has 0 saturated heterocycles. The van der Waals surface area contributed by atoms with Gasteiger partial charge in [-0.25, -0.2) is 0 Å². The van der Waals surface area contributed by atoms with Crippen LogP contribution in [-0.4, -0.2) is 10.9 Å². The smallest absolute Gasteiger partial charge is 0.0707 e. The Labute approximate surface area is 149 Å². The Morgan fingerprint density at radius 2 is 1.24 bits per heavy atom. The average Bonchev–Trinajstić information content (AvgIpc) is 3.26. The predicted octanol–water partition coefficient (Wildman–Crippen LogP) is 5.37. The van der Waals surface area contributed by atoms with Crippen LogP contribution in [0.4, 0.5) is 0 Å². The van der Waals surface area contributed by atoms with E-state index in [9.17, 15) is 5.21 Å². The van der Waals surface area contributed by atoms with Crippen molar-refractivity contribution >= 4 is 17.9 Å². The highest BCUT2D eigenvalue weighted by Gasteiger charge is 2.28. The molecule has 126 valence electrons. The summed E-state index contributed by atoms with van der Waals surface area (Å²) >= 11 is 0. The minimum Gasteiger partial charge on any atom is -0.411 e. The van der Waals surface area contributed by atoms with Crippen molar-refractivity contribution in [1.82, 2.24) is 0 Å². The van der Waals surface area contributed by atoms with Gasteiger partial charge in [0.25, 0.3) is 0 Å². The molecule has 0 heterocycles. The van der Waals surface area contributed by atoms with Crippen molar-refractivity contribution in [2.75, 3.05) is 0 Å². The molecule has 0 spiro atoms. The normalized spacial score (nSPS) is 17.2. The van der Waals surface area contributed by atoms with Gasteiger partial charge in [0.2, 0.25) is 0 Å². The predicted molar refractivity (Wildman–Crippen MR) is 104 cm³/mol. The second-order valence-electron chi connectivity index (χ2n) is 7.16. The van der Waals surface area contributed by atoms with Gasteiger partial charge in [-0.1, -0.05) is 90.8 Å². The summed E-state index contributed by atoms with van der Waals surface area (Å²) in [4.78, 5) is 0. The van der Waals surface area contributed by atoms with Gasteiger partial charge in [0, 0.05) is 11.8 Å². The number of benzene rings is 2. The molecule has 2 aliphatic carbocycles. The molecule has 0 saturated carbocycles. The Hall–Kier alpha value is -2.61. The molecular weight excluding hydrogens is 306 g/mol. The van der Waals surface area contributed by atoms with E-state index in [1.54, 1.807) is 0 Å². The molecule has 4 rings (SSSR count). The summed E-state index contributed by atoms with van der Waals surface area (Å²) in [5.74, 6) is 0.272. The number of hydrogen-bond acceptors (Lipinski definition) is 2. The van der Waals surface area contributed by atoms with E-state index >= 15 is 0 Å². The van der Waals surface area contributed by atoms with Gasteiger partial charge in [0.05, 0.1) is 5.71 Å². The van der Waals surface area contributed by atoms with Crippen LogP contribution in [0.5, 0.6) is 0 Å². The topological polar surface area (TPSA) is 32.6 Å². The summed E-state index contributed by atoms with van der Waals surface area (Å²) in [7, 11) is 0. The molecule has 2 unspecified atom stereocenters. The van der Waals surface area contributed by atoms with Crippen molar-refractivity contribution < 1.29 is 5.21 Å². The van der Waals surface area contributed by atoms with E-state index in [-0.39, 0.29) is 11.8 Å². The van der Waals surface area contributed by atoms with Gasteiger partial charge in [-0.2, -0.15) is 0 Å². The summed E-state index contributed by atoms with van der Waals surface area (Å²) in [5, 5.41) is 13.5. The summed E-state index contributed by atoms with van der Waals surface area (Å²) in [6, 6.07) is 17.0. The van der Waals surface area contributed by atoms with Gasteiger partial charge < -0.3 is 5.21 Å². The first-order chi connectivity index (χ1) is 12.2. The molecule has 0 bridgehead atoms. The molecule has 25 heavy (non-hydrogen) atoms. The molecule has 0 radical (unpaired) electrons. The maximum atomic E-state index is 9.75. The lowest BCUT2D eigenvalue weighted by atomic mass is 9.83. The zero-order valence-corrected chi connectivity index (χ0v) is 14.7. The van der Waals surface area contributed by atoms with Crippen LogP contribution in [-0.2, 0) is 12.8 Å². The van der Waals surface area contributed by atoms with Gasteiger partial charge in [-0.15, -0.1) is 0 Å². The van der Waals surface area contributed by atoms with Gasteiger partial charge in [0.1, 0.15) is 0 Å². The Bertz CT molecular complexity index is 832. The maximum Gasteiger partial charge on any atom is 0.0707 e. The minimum absolute atomic E-state index is 0.136. The molecular formula is C23H23NO. The fourth-order valence-electron chi connectivity index (χ4n) is 4.10. The lowest BCUT2D eigenvalue weighted by Crippen LogP contribution is -2.23. The molecule has 2 heteroatoms. The summed E-state index contributed by atoms with van der Waals surface area (Å²) in [6.45, 7) is 4.32. The van der Waals surface area contributed by atoms with Crippen molar-refractivity contribution in [3.05, 3.63) is 81.9 Å². The van der Waals surface area contributed by atoms with Gasteiger partial charge >= 0.3 is 0 Å². The third-order valence-corrected chi connectivity index (χ3v) is 5.70. The molecule has 2 aromatic rings. The van der Waals surface area contributed by atoms with Crippen LogP contribution in [0.2, 0.25) is 0 Å². The van der Waals surface area contributed by atoms with Crippen LogP contribution >= 0.6 is 0 Å². The lowest BCUT2D eigenvalue weighted by Gasteiger charge is -2.21. The highest BCUT2D eigenvalue weighted by Crippen LogP contribution is 2.35. The van der Waals surface area contributed by atoms with E-state index in [0.717, 1.165) is 18.6 Å². The standard InChI is InChI=1S/C23H23NO/c1-15(21-11-17-7-3-4-8-18(17)12-21)23(24-25)16(2)22-13-19-9-5-6-10-20(19)14-22/h3-11,13,15-16,25H,12,14H2,1-2H3. The highest BCUT2D eigenvalue weighted by molar-refractivity contribution is 5.95. The fourth-order valence-corrected chi connectivity index (χ4v) is 4.10. The minimum atomic E-state index is 0.136. The SMILES string of the molecule is CC(C1=Cc2ccccc2C1)C(=NO)C(C)C1=Cc2ccccc2C1. The van der Waals surface area contributed by atoms with E-state index in [0.29, 0.717) is 0 Å². The second-order valence-corrected chi connectivity index (χ2v) is 7.16. The van der Waals surface area contributed by atoms with Crippen molar-refractivity contribution in [3.8, 4) is 0 Å². The molecule has 0 aromatic heterocycles. The quantitative estimate of drug-likeness (QED) is 0.456.